The average Bonchev–Trinajstić information content (AvgIpc) is 3.49. The van der Waals surface area contributed by atoms with Crippen LogP contribution in [0.5, 0.6) is 5.75 Å². The van der Waals surface area contributed by atoms with Crippen LogP contribution in [0.15, 0.2) is 82.2 Å². The number of anilines is 1. The fraction of sp³-hybridized carbons (Fsp3) is 0.355. The van der Waals surface area contributed by atoms with Gasteiger partial charge in [0, 0.05) is 22.1 Å². The predicted molar refractivity (Wildman–Crippen MR) is 168 cm³/mol. The average molecular weight is 677 g/mol. The summed E-state index contributed by atoms with van der Waals surface area (Å²) in [5.74, 6) is -0.484. The Morgan fingerprint density at radius 3 is 2.31 bits per heavy atom. The van der Waals surface area contributed by atoms with E-state index in [4.69, 9.17) is 16.3 Å². The molecule has 1 fully saturated rings. The molecule has 3 aromatic rings. The van der Waals surface area contributed by atoms with Gasteiger partial charge in [-0.1, -0.05) is 64.6 Å². The van der Waals surface area contributed by atoms with Gasteiger partial charge in [0.05, 0.1) is 17.2 Å². The molecular formula is C31H35BrClN3O5S. The van der Waals surface area contributed by atoms with Gasteiger partial charge in [-0.25, -0.2) is 8.42 Å². The lowest BCUT2D eigenvalue weighted by Crippen LogP contribution is -2.52. The zero-order valence-electron chi connectivity index (χ0n) is 23.6. The molecule has 1 aliphatic rings. The predicted octanol–water partition coefficient (Wildman–Crippen LogP) is 6.17. The largest absolute Gasteiger partial charge is 0.492 e. The van der Waals surface area contributed by atoms with Crippen molar-refractivity contribution >= 4 is 55.1 Å². The molecule has 0 aliphatic heterocycles. The third kappa shape index (κ3) is 7.85. The standard InChI is InChI=1S/C31H35BrClN3O5S/c1-3-41-29-11-7-6-10-28(29)36(42(39,40)27-18-16-25(33)17-19-27)21-30(37)35(20-23-12-14-24(32)15-13-23)22(2)31(38)34-26-8-4-5-9-26/h6-7,10-19,22,26H,3-5,8-9,20-21H2,1-2H3,(H,34,38). The minimum absolute atomic E-state index is 0.0301. The third-order valence-corrected chi connectivity index (χ3v) is 9.80. The molecule has 4 rings (SSSR count). The molecule has 1 saturated carbocycles. The van der Waals surface area contributed by atoms with E-state index in [2.05, 4.69) is 21.2 Å². The highest BCUT2D eigenvalue weighted by Gasteiger charge is 2.34. The summed E-state index contributed by atoms with van der Waals surface area (Å²) in [5.41, 5.74) is 1.02. The van der Waals surface area contributed by atoms with E-state index < -0.39 is 28.5 Å². The molecule has 0 heterocycles. The van der Waals surface area contributed by atoms with E-state index in [1.165, 1.54) is 29.2 Å². The van der Waals surface area contributed by atoms with Crippen LogP contribution in [-0.4, -0.2) is 50.4 Å². The maximum Gasteiger partial charge on any atom is 0.264 e. The van der Waals surface area contributed by atoms with Gasteiger partial charge in [-0.3, -0.25) is 13.9 Å². The van der Waals surface area contributed by atoms with Gasteiger partial charge in [0.15, 0.2) is 0 Å². The number of carbonyl (C=O) groups excluding carboxylic acids is 2. The van der Waals surface area contributed by atoms with Gasteiger partial charge in [-0.15, -0.1) is 0 Å². The topological polar surface area (TPSA) is 96.0 Å². The normalized spacial score (nSPS) is 14.3. The molecule has 1 aliphatic carbocycles. The van der Waals surface area contributed by atoms with E-state index >= 15 is 0 Å². The fourth-order valence-electron chi connectivity index (χ4n) is 4.95. The Bertz CT molecular complexity index is 1480. The Morgan fingerprint density at radius 1 is 1.02 bits per heavy atom. The first-order valence-electron chi connectivity index (χ1n) is 13.9. The molecule has 1 atom stereocenters. The number of para-hydroxylation sites is 2. The fourth-order valence-corrected chi connectivity index (χ4v) is 6.76. The molecule has 0 radical (unpaired) electrons. The first-order valence-corrected chi connectivity index (χ1v) is 16.6. The van der Waals surface area contributed by atoms with Crippen molar-refractivity contribution in [3.63, 3.8) is 0 Å². The highest BCUT2D eigenvalue weighted by molar-refractivity contribution is 9.10. The SMILES string of the molecule is CCOc1ccccc1N(CC(=O)N(Cc1ccc(Br)cc1)C(C)C(=O)NC1CCCC1)S(=O)(=O)c1ccc(Cl)cc1. The molecule has 224 valence electrons. The van der Waals surface area contributed by atoms with Crippen molar-refractivity contribution in [3.8, 4) is 5.75 Å². The summed E-state index contributed by atoms with van der Waals surface area (Å²) in [5, 5.41) is 3.46. The number of rotatable bonds is 12. The molecule has 1 unspecified atom stereocenters. The molecule has 42 heavy (non-hydrogen) atoms. The van der Waals surface area contributed by atoms with Crippen molar-refractivity contribution < 1.29 is 22.7 Å². The van der Waals surface area contributed by atoms with Crippen molar-refractivity contribution in [2.24, 2.45) is 0 Å². The first kappa shape index (κ1) is 31.8. The van der Waals surface area contributed by atoms with Crippen LogP contribution in [-0.2, 0) is 26.2 Å². The van der Waals surface area contributed by atoms with E-state index in [1.54, 1.807) is 38.1 Å². The molecule has 0 aromatic heterocycles. The van der Waals surface area contributed by atoms with E-state index in [0.717, 1.165) is 40.0 Å². The molecule has 1 N–H and O–H groups in total. The van der Waals surface area contributed by atoms with Gasteiger partial charge < -0.3 is 15.0 Å². The molecule has 3 aromatic carbocycles. The van der Waals surface area contributed by atoms with Gasteiger partial charge in [0.25, 0.3) is 10.0 Å². The van der Waals surface area contributed by atoms with E-state index in [9.17, 15) is 18.0 Å². The molecule has 0 spiro atoms. The lowest BCUT2D eigenvalue weighted by Gasteiger charge is -2.33. The molecular weight excluding hydrogens is 642 g/mol. The van der Waals surface area contributed by atoms with Crippen LogP contribution >= 0.6 is 27.5 Å². The Kier molecular flexibility index (Phi) is 10.9. The summed E-state index contributed by atoms with van der Waals surface area (Å²) in [6.45, 7) is 3.34. The quantitative estimate of drug-likeness (QED) is 0.248. The van der Waals surface area contributed by atoms with E-state index in [-0.39, 0.29) is 29.1 Å². The number of hydrogen-bond donors (Lipinski definition) is 1. The molecule has 0 bridgehead atoms. The summed E-state index contributed by atoms with van der Waals surface area (Å²) in [7, 11) is -4.24. The van der Waals surface area contributed by atoms with Gasteiger partial charge in [0.1, 0.15) is 18.3 Å². The second kappa shape index (κ2) is 14.4. The van der Waals surface area contributed by atoms with Gasteiger partial charge in [0.2, 0.25) is 11.8 Å². The van der Waals surface area contributed by atoms with Crippen molar-refractivity contribution in [3.05, 3.63) is 87.9 Å². The lowest BCUT2D eigenvalue weighted by molar-refractivity contribution is -0.139. The van der Waals surface area contributed by atoms with Crippen LogP contribution in [0.4, 0.5) is 5.69 Å². The van der Waals surface area contributed by atoms with Crippen LogP contribution in [0.1, 0.15) is 45.1 Å². The second-order valence-corrected chi connectivity index (χ2v) is 13.4. The van der Waals surface area contributed by atoms with Crippen molar-refractivity contribution in [2.45, 2.75) is 63.1 Å². The zero-order valence-corrected chi connectivity index (χ0v) is 26.8. The summed E-state index contributed by atoms with van der Waals surface area (Å²) < 4.78 is 35.8. The van der Waals surface area contributed by atoms with Crippen LogP contribution in [0.25, 0.3) is 0 Å². The highest BCUT2D eigenvalue weighted by Crippen LogP contribution is 2.33. The smallest absolute Gasteiger partial charge is 0.264 e. The van der Waals surface area contributed by atoms with Gasteiger partial charge in [-0.2, -0.15) is 0 Å². The number of carbonyl (C=O) groups is 2. The van der Waals surface area contributed by atoms with Crippen LogP contribution in [0.2, 0.25) is 5.02 Å². The van der Waals surface area contributed by atoms with E-state index in [1.807, 2.05) is 24.3 Å². The van der Waals surface area contributed by atoms with Crippen molar-refractivity contribution in [1.29, 1.82) is 0 Å². The Labute approximate surface area is 261 Å². The maximum absolute atomic E-state index is 14.2. The zero-order chi connectivity index (χ0) is 30.3. The summed E-state index contributed by atoms with van der Waals surface area (Å²) >= 11 is 9.46. The van der Waals surface area contributed by atoms with Crippen molar-refractivity contribution in [2.75, 3.05) is 17.5 Å². The van der Waals surface area contributed by atoms with Gasteiger partial charge >= 0.3 is 0 Å². The monoisotopic (exact) mass is 675 g/mol. The number of nitrogens with one attached hydrogen (secondary N) is 1. The summed E-state index contributed by atoms with van der Waals surface area (Å²) in [4.78, 5) is 28.9. The number of sulfonamides is 1. The second-order valence-electron chi connectivity index (χ2n) is 10.2. The molecule has 11 heteroatoms. The van der Waals surface area contributed by atoms with E-state index in [0.29, 0.717) is 17.4 Å². The first-order chi connectivity index (χ1) is 20.1. The molecule has 8 nitrogen and oxygen atoms in total. The Morgan fingerprint density at radius 2 is 1.67 bits per heavy atom. The molecule has 2 amide bonds. The van der Waals surface area contributed by atoms with Crippen LogP contribution in [0.3, 0.4) is 0 Å². The Balaban J connectivity index is 1.72. The number of nitrogens with zero attached hydrogens (tertiary/aromatic N) is 2. The minimum atomic E-state index is -4.24. The number of amides is 2. The van der Waals surface area contributed by atoms with Gasteiger partial charge in [-0.05, 0) is 80.8 Å². The van der Waals surface area contributed by atoms with Crippen molar-refractivity contribution in [1.82, 2.24) is 10.2 Å². The number of ether oxygens (including phenoxy) is 1. The lowest BCUT2D eigenvalue weighted by atomic mass is 10.1. The third-order valence-electron chi connectivity index (χ3n) is 7.25. The molecule has 0 saturated heterocycles. The Hall–Kier alpha value is -3.08. The highest BCUT2D eigenvalue weighted by atomic mass is 79.9. The summed E-state index contributed by atoms with van der Waals surface area (Å²) in [6, 6.07) is 19.1. The number of hydrogen-bond acceptors (Lipinski definition) is 5. The summed E-state index contributed by atoms with van der Waals surface area (Å²) in [6.07, 6.45) is 3.91. The maximum atomic E-state index is 14.2. The number of halogens is 2. The van der Waals surface area contributed by atoms with Crippen LogP contribution in [0, 0.1) is 0 Å². The number of benzene rings is 3. The van der Waals surface area contributed by atoms with Crippen LogP contribution < -0.4 is 14.4 Å². The minimum Gasteiger partial charge on any atom is -0.492 e.